The zero-order valence-electron chi connectivity index (χ0n) is 8.85. The molecular formula is C12H9N3O2. The molecule has 3 rings (SSSR count). The Bertz CT molecular complexity index is 527. The van der Waals surface area contributed by atoms with Gasteiger partial charge in [-0.25, -0.2) is 14.9 Å². The molecule has 0 aliphatic rings. The molecule has 1 aromatic carbocycles. The van der Waals surface area contributed by atoms with Gasteiger partial charge in [-0.15, -0.1) is 0 Å². The molecule has 0 N–H and O–H groups in total. The van der Waals surface area contributed by atoms with Crippen molar-refractivity contribution in [1.29, 1.82) is 0 Å². The van der Waals surface area contributed by atoms with Gasteiger partial charge in [0.05, 0.1) is 18.1 Å². The van der Waals surface area contributed by atoms with Crippen molar-refractivity contribution in [2.45, 2.75) is 0 Å². The molecule has 0 fully saturated rings. The molecule has 2 aromatic heterocycles. The van der Waals surface area contributed by atoms with Crippen LogP contribution in [0.3, 0.4) is 0 Å². The fraction of sp³-hybridized carbons (Fsp3) is 0. The van der Waals surface area contributed by atoms with E-state index in [0.717, 1.165) is 5.69 Å². The van der Waals surface area contributed by atoms with E-state index in [-0.39, 0.29) is 0 Å². The Morgan fingerprint density at radius 3 is 1.88 bits per heavy atom. The van der Waals surface area contributed by atoms with Gasteiger partial charge in [-0.3, -0.25) is 0 Å². The first kappa shape index (κ1) is 9.65. The molecular weight excluding hydrogens is 218 g/mol. The Balaban J connectivity index is 2.10. The highest BCUT2D eigenvalue weighted by molar-refractivity contribution is 5.65. The third-order valence-electron chi connectivity index (χ3n) is 2.24. The topological polar surface area (TPSA) is 55.3 Å². The number of hydrogen-bond donors (Lipinski definition) is 0. The Morgan fingerprint density at radius 1 is 0.824 bits per heavy atom. The van der Waals surface area contributed by atoms with Crippen molar-refractivity contribution >= 4 is 17.7 Å². The van der Waals surface area contributed by atoms with Gasteiger partial charge in [0.2, 0.25) is 0 Å². The fourth-order valence-electron chi connectivity index (χ4n) is 1.53. The van der Waals surface area contributed by atoms with Crippen LogP contribution in [0.4, 0.5) is 17.7 Å². The third-order valence-corrected chi connectivity index (χ3v) is 2.24. The molecule has 0 amide bonds. The van der Waals surface area contributed by atoms with Gasteiger partial charge in [0, 0.05) is 0 Å². The highest BCUT2D eigenvalue weighted by Crippen LogP contribution is 2.31. The molecule has 0 saturated carbocycles. The van der Waals surface area contributed by atoms with Crippen LogP contribution >= 0.6 is 0 Å². The van der Waals surface area contributed by atoms with Crippen LogP contribution in [-0.4, -0.2) is 9.97 Å². The maximum atomic E-state index is 5.29. The minimum atomic E-state index is 0.415. The maximum Gasteiger partial charge on any atom is 0.310 e. The molecule has 0 spiro atoms. The molecule has 5 heteroatoms. The molecule has 5 nitrogen and oxygen atoms in total. The minimum absolute atomic E-state index is 0.415. The van der Waals surface area contributed by atoms with Crippen LogP contribution in [0.5, 0.6) is 0 Å². The average Bonchev–Trinajstić information content (AvgIpc) is 3.04. The molecule has 0 aliphatic heterocycles. The standard InChI is InChI=1S/C12H9N3O2/c1-2-4-10(5-3-1)15(11-13-6-8-16-11)12-14-7-9-17-12/h1-9H. The van der Waals surface area contributed by atoms with Gasteiger partial charge in [-0.2, -0.15) is 0 Å². The number of nitrogens with zero attached hydrogens (tertiary/aromatic N) is 3. The molecule has 84 valence electrons. The van der Waals surface area contributed by atoms with Gasteiger partial charge in [-0.1, -0.05) is 18.2 Å². The van der Waals surface area contributed by atoms with Gasteiger partial charge in [0.15, 0.2) is 0 Å². The molecule has 3 aromatic rings. The molecule has 0 bridgehead atoms. The van der Waals surface area contributed by atoms with Crippen LogP contribution < -0.4 is 4.90 Å². The van der Waals surface area contributed by atoms with E-state index in [2.05, 4.69) is 9.97 Å². The molecule has 17 heavy (non-hydrogen) atoms. The number of oxazole rings is 2. The Kier molecular flexibility index (Phi) is 2.34. The normalized spacial score (nSPS) is 10.4. The van der Waals surface area contributed by atoms with Gasteiger partial charge < -0.3 is 8.83 Å². The first-order chi connectivity index (χ1) is 8.45. The van der Waals surface area contributed by atoms with Crippen molar-refractivity contribution in [3.05, 3.63) is 55.3 Å². The van der Waals surface area contributed by atoms with Gasteiger partial charge in [0.1, 0.15) is 12.5 Å². The maximum absolute atomic E-state index is 5.29. The van der Waals surface area contributed by atoms with Crippen LogP contribution in [0.2, 0.25) is 0 Å². The van der Waals surface area contributed by atoms with Crippen molar-refractivity contribution in [2.75, 3.05) is 4.90 Å². The average molecular weight is 227 g/mol. The molecule has 0 aliphatic carbocycles. The lowest BCUT2D eigenvalue weighted by Gasteiger charge is -2.15. The molecule has 0 unspecified atom stereocenters. The van der Waals surface area contributed by atoms with Gasteiger partial charge in [0.25, 0.3) is 0 Å². The van der Waals surface area contributed by atoms with E-state index < -0.39 is 0 Å². The lowest BCUT2D eigenvalue weighted by atomic mass is 10.3. The van der Waals surface area contributed by atoms with Crippen molar-refractivity contribution in [3.8, 4) is 0 Å². The van der Waals surface area contributed by atoms with Crippen LogP contribution in [0.1, 0.15) is 0 Å². The smallest absolute Gasteiger partial charge is 0.310 e. The van der Waals surface area contributed by atoms with Gasteiger partial charge in [-0.05, 0) is 12.1 Å². The van der Waals surface area contributed by atoms with Crippen molar-refractivity contribution in [1.82, 2.24) is 9.97 Å². The number of para-hydroxylation sites is 1. The lowest BCUT2D eigenvalue weighted by Crippen LogP contribution is -2.10. The van der Waals surface area contributed by atoms with E-state index in [1.165, 1.54) is 12.5 Å². The highest BCUT2D eigenvalue weighted by atomic mass is 16.4. The van der Waals surface area contributed by atoms with Crippen LogP contribution in [0.15, 0.2) is 64.1 Å². The third kappa shape index (κ3) is 1.78. The summed E-state index contributed by atoms with van der Waals surface area (Å²) in [5, 5.41) is 0. The van der Waals surface area contributed by atoms with E-state index in [0.29, 0.717) is 12.0 Å². The van der Waals surface area contributed by atoms with Crippen LogP contribution in [-0.2, 0) is 0 Å². The quantitative estimate of drug-likeness (QED) is 0.688. The first-order valence-electron chi connectivity index (χ1n) is 5.09. The number of hydrogen-bond acceptors (Lipinski definition) is 5. The summed E-state index contributed by atoms with van der Waals surface area (Å²) in [6.07, 6.45) is 6.17. The second-order valence-electron chi connectivity index (χ2n) is 3.30. The predicted octanol–water partition coefficient (Wildman–Crippen LogP) is 3.13. The minimum Gasteiger partial charge on any atom is -0.431 e. The second kappa shape index (κ2) is 4.13. The lowest BCUT2D eigenvalue weighted by molar-refractivity contribution is 0.528. The Labute approximate surface area is 97.3 Å². The molecule has 0 saturated heterocycles. The Morgan fingerprint density at radius 2 is 1.41 bits per heavy atom. The van der Waals surface area contributed by atoms with E-state index >= 15 is 0 Å². The molecule has 0 atom stereocenters. The monoisotopic (exact) mass is 227 g/mol. The molecule has 0 radical (unpaired) electrons. The summed E-state index contributed by atoms with van der Waals surface area (Å²) in [6.45, 7) is 0. The molecule has 2 heterocycles. The van der Waals surface area contributed by atoms with Crippen LogP contribution in [0, 0.1) is 0 Å². The summed E-state index contributed by atoms with van der Waals surface area (Å²) in [5.74, 6) is 0. The van der Waals surface area contributed by atoms with E-state index in [1.54, 1.807) is 17.3 Å². The number of anilines is 3. The Hall–Kier alpha value is -2.56. The highest BCUT2D eigenvalue weighted by Gasteiger charge is 2.19. The number of rotatable bonds is 3. The van der Waals surface area contributed by atoms with E-state index in [1.807, 2.05) is 30.3 Å². The van der Waals surface area contributed by atoms with E-state index in [4.69, 9.17) is 8.83 Å². The summed E-state index contributed by atoms with van der Waals surface area (Å²) in [6, 6.07) is 10.5. The zero-order valence-corrected chi connectivity index (χ0v) is 8.85. The van der Waals surface area contributed by atoms with Crippen molar-refractivity contribution < 1.29 is 8.83 Å². The SMILES string of the molecule is c1ccc(N(c2ncco2)c2ncco2)cc1. The summed E-state index contributed by atoms with van der Waals surface area (Å²) in [5.41, 5.74) is 0.873. The van der Waals surface area contributed by atoms with Crippen molar-refractivity contribution in [2.24, 2.45) is 0 Å². The number of benzene rings is 1. The van der Waals surface area contributed by atoms with Crippen molar-refractivity contribution in [3.63, 3.8) is 0 Å². The van der Waals surface area contributed by atoms with E-state index in [9.17, 15) is 0 Å². The summed E-state index contributed by atoms with van der Waals surface area (Å²) in [7, 11) is 0. The summed E-state index contributed by atoms with van der Waals surface area (Å²) >= 11 is 0. The first-order valence-corrected chi connectivity index (χ1v) is 5.09. The second-order valence-corrected chi connectivity index (χ2v) is 3.30. The largest absolute Gasteiger partial charge is 0.431 e. The van der Waals surface area contributed by atoms with Crippen LogP contribution in [0.25, 0.3) is 0 Å². The number of aromatic nitrogens is 2. The summed E-state index contributed by atoms with van der Waals surface area (Å²) in [4.78, 5) is 9.91. The van der Waals surface area contributed by atoms with Gasteiger partial charge >= 0.3 is 12.0 Å². The fourth-order valence-corrected chi connectivity index (χ4v) is 1.53. The predicted molar refractivity (Wildman–Crippen MR) is 61.2 cm³/mol. The summed E-state index contributed by atoms with van der Waals surface area (Å²) < 4.78 is 10.6. The zero-order chi connectivity index (χ0) is 11.5.